The first-order valence-electron chi connectivity index (χ1n) is 11.7. The predicted octanol–water partition coefficient (Wildman–Crippen LogP) is 3.56. The molecule has 2 amide bonds. The molecule has 3 N–H and O–H groups in total. The molecular formula is C26H29N5O3. The van der Waals surface area contributed by atoms with Crippen LogP contribution in [0.2, 0.25) is 0 Å². The number of hydrogen-bond acceptors (Lipinski definition) is 5. The van der Waals surface area contributed by atoms with Gasteiger partial charge in [-0.25, -0.2) is 9.78 Å². The van der Waals surface area contributed by atoms with Crippen molar-refractivity contribution >= 4 is 6.03 Å². The molecule has 0 unspecified atom stereocenters. The summed E-state index contributed by atoms with van der Waals surface area (Å²) >= 11 is 0. The van der Waals surface area contributed by atoms with Crippen LogP contribution in [0.3, 0.4) is 0 Å². The number of aliphatic hydroxyl groups is 1. The minimum Gasteiger partial charge on any atom is -0.385 e. The zero-order valence-electron chi connectivity index (χ0n) is 19.3. The molecule has 3 aromatic rings. The Bertz CT molecular complexity index is 1220. The molecule has 1 saturated carbocycles. The van der Waals surface area contributed by atoms with Gasteiger partial charge in [0.15, 0.2) is 5.76 Å². The van der Waals surface area contributed by atoms with Crippen LogP contribution < -0.4 is 5.73 Å². The standard InChI is InChI=1S/C26H29N5O3/c1-18(32)24-28-10-13-31(24)17-22-14-23(34-29-22)21-6-4-19(5-7-21)2-3-20-15-26(16-20)8-11-30(12-9-26)25(27)33/h4-7,10,13-14,18,20,32H,8-9,11-12,15-17H2,1H3,(H2,27,33)/t18-/m0/s1. The van der Waals surface area contributed by atoms with Crippen molar-refractivity contribution in [1.29, 1.82) is 0 Å². The molecule has 1 atom stereocenters. The Labute approximate surface area is 198 Å². The highest BCUT2D eigenvalue weighted by atomic mass is 16.5. The minimum absolute atomic E-state index is 0.306. The summed E-state index contributed by atoms with van der Waals surface area (Å²) in [7, 11) is 0. The summed E-state index contributed by atoms with van der Waals surface area (Å²) in [6.45, 7) is 3.71. The van der Waals surface area contributed by atoms with Gasteiger partial charge in [-0.15, -0.1) is 0 Å². The molecule has 8 nitrogen and oxygen atoms in total. The molecular weight excluding hydrogens is 430 g/mol. The lowest BCUT2D eigenvalue weighted by Crippen LogP contribution is -2.49. The fourth-order valence-electron chi connectivity index (χ4n) is 5.12. The van der Waals surface area contributed by atoms with E-state index in [1.165, 1.54) is 0 Å². The maximum atomic E-state index is 11.3. The number of benzene rings is 1. The van der Waals surface area contributed by atoms with Crippen LogP contribution in [-0.4, -0.2) is 43.8 Å². The van der Waals surface area contributed by atoms with Gasteiger partial charge in [-0.3, -0.25) is 0 Å². The van der Waals surface area contributed by atoms with E-state index in [0.717, 1.165) is 55.6 Å². The molecule has 1 saturated heterocycles. The highest BCUT2D eigenvalue weighted by molar-refractivity contribution is 5.72. The first-order valence-corrected chi connectivity index (χ1v) is 11.7. The number of nitrogens with zero attached hydrogens (tertiary/aromatic N) is 4. The highest BCUT2D eigenvalue weighted by Crippen LogP contribution is 2.52. The van der Waals surface area contributed by atoms with E-state index in [9.17, 15) is 9.90 Å². The van der Waals surface area contributed by atoms with Crippen molar-refractivity contribution in [1.82, 2.24) is 19.6 Å². The number of hydrogen-bond donors (Lipinski definition) is 2. The molecule has 1 aliphatic heterocycles. The molecule has 3 heterocycles. The van der Waals surface area contributed by atoms with Crippen LogP contribution in [0.1, 0.15) is 55.8 Å². The zero-order valence-corrected chi connectivity index (χ0v) is 19.3. The van der Waals surface area contributed by atoms with Gasteiger partial charge in [0.25, 0.3) is 0 Å². The van der Waals surface area contributed by atoms with Crippen molar-refractivity contribution in [2.24, 2.45) is 17.1 Å². The monoisotopic (exact) mass is 459 g/mol. The molecule has 176 valence electrons. The number of piperidine rings is 1. The predicted molar refractivity (Wildman–Crippen MR) is 126 cm³/mol. The average Bonchev–Trinajstić information content (AvgIpc) is 3.47. The van der Waals surface area contributed by atoms with Gasteiger partial charge in [0, 0.05) is 48.6 Å². The number of nitrogens with two attached hydrogens (primary N) is 1. The van der Waals surface area contributed by atoms with E-state index in [4.69, 9.17) is 10.3 Å². The van der Waals surface area contributed by atoms with Crippen LogP contribution in [0.25, 0.3) is 11.3 Å². The van der Waals surface area contributed by atoms with E-state index in [1.54, 1.807) is 18.0 Å². The molecule has 34 heavy (non-hydrogen) atoms. The Morgan fingerprint density at radius 2 is 2.03 bits per heavy atom. The summed E-state index contributed by atoms with van der Waals surface area (Å²) in [6.07, 6.45) is 7.12. The summed E-state index contributed by atoms with van der Waals surface area (Å²) in [5.74, 6) is 8.45. The summed E-state index contributed by atoms with van der Waals surface area (Å²) in [5.41, 5.74) is 8.42. The van der Waals surface area contributed by atoms with Gasteiger partial charge in [0.1, 0.15) is 17.6 Å². The maximum absolute atomic E-state index is 11.3. The number of carbonyl (C=O) groups excluding carboxylic acids is 1. The van der Waals surface area contributed by atoms with E-state index >= 15 is 0 Å². The summed E-state index contributed by atoms with van der Waals surface area (Å²) < 4.78 is 7.39. The van der Waals surface area contributed by atoms with E-state index in [-0.39, 0.29) is 6.03 Å². The number of carbonyl (C=O) groups is 1. The van der Waals surface area contributed by atoms with Crippen molar-refractivity contribution in [3.63, 3.8) is 0 Å². The van der Waals surface area contributed by atoms with Crippen LogP contribution in [0.15, 0.2) is 47.2 Å². The topological polar surface area (TPSA) is 110 Å². The molecule has 1 aliphatic carbocycles. The molecule has 8 heteroatoms. The quantitative estimate of drug-likeness (QED) is 0.580. The van der Waals surface area contributed by atoms with Gasteiger partial charge in [-0.1, -0.05) is 17.0 Å². The van der Waals surface area contributed by atoms with Gasteiger partial charge >= 0.3 is 6.03 Å². The van der Waals surface area contributed by atoms with Crippen LogP contribution >= 0.6 is 0 Å². The van der Waals surface area contributed by atoms with Gasteiger partial charge < -0.3 is 24.8 Å². The fourth-order valence-corrected chi connectivity index (χ4v) is 5.12. The van der Waals surface area contributed by atoms with E-state index < -0.39 is 6.10 Å². The second-order valence-corrected chi connectivity index (χ2v) is 9.55. The Kier molecular flexibility index (Phi) is 5.88. The number of aromatic nitrogens is 3. The SMILES string of the molecule is C[C@H](O)c1nccn1Cc1cc(-c2ccc(C#CC3CC4(CCN(C(N)=O)CC4)C3)cc2)on1. The van der Waals surface area contributed by atoms with Crippen molar-refractivity contribution in [3.8, 4) is 23.2 Å². The van der Waals surface area contributed by atoms with Crippen molar-refractivity contribution < 1.29 is 14.4 Å². The minimum atomic E-state index is -0.643. The van der Waals surface area contributed by atoms with Crippen LogP contribution in [0.5, 0.6) is 0 Å². The second kappa shape index (κ2) is 8.99. The first kappa shape index (κ1) is 22.2. The number of primary amides is 1. The van der Waals surface area contributed by atoms with Crippen molar-refractivity contribution in [3.05, 3.63) is 59.8 Å². The lowest BCUT2D eigenvalue weighted by atomic mass is 9.58. The molecule has 1 spiro atoms. The maximum Gasteiger partial charge on any atom is 0.314 e. The van der Waals surface area contributed by atoms with Crippen molar-refractivity contribution in [2.45, 2.75) is 45.3 Å². The number of urea groups is 1. The Morgan fingerprint density at radius 1 is 1.29 bits per heavy atom. The molecule has 2 aromatic heterocycles. The summed E-state index contributed by atoms with van der Waals surface area (Å²) in [6, 6.07) is 9.60. The molecule has 0 radical (unpaired) electrons. The van der Waals surface area contributed by atoms with Gasteiger partial charge in [-0.2, -0.15) is 0 Å². The molecule has 0 bridgehead atoms. The summed E-state index contributed by atoms with van der Waals surface area (Å²) in [5, 5.41) is 14.0. The van der Waals surface area contributed by atoms with E-state index in [0.29, 0.717) is 29.5 Å². The zero-order chi connectivity index (χ0) is 23.7. The number of aliphatic hydroxyl groups excluding tert-OH is 1. The third-order valence-corrected chi connectivity index (χ3v) is 7.10. The second-order valence-electron chi connectivity index (χ2n) is 9.55. The molecule has 1 aromatic carbocycles. The number of likely N-dealkylation sites (tertiary alicyclic amines) is 1. The van der Waals surface area contributed by atoms with Crippen molar-refractivity contribution in [2.75, 3.05) is 13.1 Å². The largest absolute Gasteiger partial charge is 0.385 e. The lowest BCUT2D eigenvalue weighted by Gasteiger charge is -2.50. The summed E-state index contributed by atoms with van der Waals surface area (Å²) in [4.78, 5) is 17.2. The highest BCUT2D eigenvalue weighted by Gasteiger charge is 2.45. The van der Waals surface area contributed by atoms with Crippen LogP contribution in [0.4, 0.5) is 4.79 Å². The van der Waals surface area contributed by atoms with Crippen LogP contribution in [-0.2, 0) is 6.54 Å². The van der Waals surface area contributed by atoms with Crippen LogP contribution in [0, 0.1) is 23.2 Å². The van der Waals surface area contributed by atoms with E-state index in [1.807, 2.05) is 41.1 Å². The van der Waals surface area contributed by atoms with Gasteiger partial charge in [0.2, 0.25) is 0 Å². The molecule has 2 fully saturated rings. The smallest absolute Gasteiger partial charge is 0.314 e. The molecule has 2 aliphatic rings. The number of rotatable bonds is 4. The first-order chi connectivity index (χ1) is 16.4. The third kappa shape index (κ3) is 4.57. The van der Waals surface area contributed by atoms with E-state index in [2.05, 4.69) is 22.0 Å². The van der Waals surface area contributed by atoms with Gasteiger partial charge in [-0.05, 0) is 62.3 Å². The average molecular weight is 460 g/mol. The van der Waals surface area contributed by atoms with Gasteiger partial charge in [0.05, 0.1) is 6.54 Å². The fraction of sp³-hybridized carbons (Fsp3) is 0.423. The third-order valence-electron chi connectivity index (χ3n) is 7.10. The number of amides is 2. The Balaban J connectivity index is 1.16. The Morgan fingerprint density at radius 3 is 2.71 bits per heavy atom. The lowest BCUT2D eigenvalue weighted by molar-refractivity contribution is 0.0202. The Hall–Kier alpha value is -3.57. The molecule has 5 rings (SSSR count). The normalized spacial score (nSPS) is 18.2. The number of imidazole rings is 1.